The lowest BCUT2D eigenvalue weighted by Crippen LogP contribution is -1.98. The van der Waals surface area contributed by atoms with Crippen LogP contribution >= 0.6 is 0 Å². The van der Waals surface area contributed by atoms with Crippen LogP contribution in [0.1, 0.15) is 5.56 Å². The van der Waals surface area contributed by atoms with Crippen LogP contribution in [0.25, 0.3) is 11.1 Å². The molecule has 0 heterocycles. The van der Waals surface area contributed by atoms with E-state index in [0.29, 0.717) is 11.1 Å². The third-order valence-electron chi connectivity index (χ3n) is 2.92. The summed E-state index contributed by atoms with van der Waals surface area (Å²) in [5, 5.41) is 0. The number of nitrogens with two attached hydrogens (primary N) is 1. The quantitative estimate of drug-likeness (QED) is 0.860. The minimum atomic E-state index is -3.27. The first-order valence-electron chi connectivity index (χ1n) is 5.65. The number of nitrogen functional groups attached to an aromatic ring is 1. The van der Waals surface area contributed by atoms with Gasteiger partial charge in [0.1, 0.15) is 5.82 Å². The zero-order chi connectivity index (χ0) is 14.2. The van der Waals surface area contributed by atoms with Crippen molar-refractivity contribution in [3.63, 3.8) is 0 Å². The van der Waals surface area contributed by atoms with Gasteiger partial charge in [-0.05, 0) is 47.9 Å². The highest BCUT2D eigenvalue weighted by atomic mass is 32.2. The summed E-state index contributed by atoms with van der Waals surface area (Å²) in [7, 11) is -3.27. The van der Waals surface area contributed by atoms with Gasteiger partial charge in [-0.15, -0.1) is 0 Å². The van der Waals surface area contributed by atoms with Crippen LogP contribution in [0.4, 0.5) is 10.1 Å². The molecule has 0 aliphatic carbocycles. The average molecular weight is 279 g/mol. The maximum Gasteiger partial charge on any atom is 0.175 e. The highest BCUT2D eigenvalue weighted by Gasteiger charge is 2.11. The highest BCUT2D eigenvalue weighted by molar-refractivity contribution is 7.90. The fourth-order valence-electron chi connectivity index (χ4n) is 1.89. The second-order valence-corrected chi connectivity index (χ2v) is 6.50. The zero-order valence-electron chi connectivity index (χ0n) is 10.6. The van der Waals surface area contributed by atoms with E-state index in [9.17, 15) is 12.8 Å². The van der Waals surface area contributed by atoms with E-state index in [2.05, 4.69) is 0 Å². The summed E-state index contributed by atoms with van der Waals surface area (Å²) < 4.78 is 36.4. The number of hydrogen-bond donors (Lipinski definition) is 1. The van der Waals surface area contributed by atoms with Gasteiger partial charge < -0.3 is 5.73 Å². The molecule has 2 aromatic carbocycles. The van der Waals surface area contributed by atoms with Gasteiger partial charge in [0.2, 0.25) is 0 Å². The van der Waals surface area contributed by atoms with Gasteiger partial charge in [0, 0.05) is 6.26 Å². The van der Waals surface area contributed by atoms with Crippen molar-refractivity contribution >= 4 is 15.5 Å². The Labute approximate surface area is 111 Å². The Morgan fingerprint density at radius 3 is 2.47 bits per heavy atom. The summed E-state index contributed by atoms with van der Waals surface area (Å²) >= 11 is 0. The molecule has 0 unspecified atom stereocenters. The lowest BCUT2D eigenvalue weighted by atomic mass is 10.00. The molecule has 0 atom stereocenters. The maximum atomic E-state index is 13.3. The normalized spacial score (nSPS) is 11.5. The van der Waals surface area contributed by atoms with E-state index in [0.717, 1.165) is 11.8 Å². The molecule has 100 valence electrons. The van der Waals surface area contributed by atoms with Crippen LogP contribution in [0, 0.1) is 12.7 Å². The van der Waals surface area contributed by atoms with Crippen LogP contribution in [0.5, 0.6) is 0 Å². The number of hydrogen-bond acceptors (Lipinski definition) is 3. The predicted molar refractivity (Wildman–Crippen MR) is 74.1 cm³/mol. The van der Waals surface area contributed by atoms with Crippen molar-refractivity contribution in [3.05, 3.63) is 47.8 Å². The fourth-order valence-corrected chi connectivity index (χ4v) is 2.56. The molecule has 0 radical (unpaired) electrons. The van der Waals surface area contributed by atoms with E-state index < -0.39 is 15.7 Å². The van der Waals surface area contributed by atoms with E-state index in [4.69, 9.17) is 5.73 Å². The first-order valence-corrected chi connectivity index (χ1v) is 7.54. The zero-order valence-corrected chi connectivity index (χ0v) is 11.5. The van der Waals surface area contributed by atoms with Crippen molar-refractivity contribution in [2.45, 2.75) is 11.8 Å². The number of halogens is 1. The summed E-state index contributed by atoms with van der Waals surface area (Å²) in [6, 6.07) is 9.39. The Balaban J connectivity index is 2.63. The van der Waals surface area contributed by atoms with Gasteiger partial charge in [-0.3, -0.25) is 0 Å². The molecule has 0 spiro atoms. The van der Waals surface area contributed by atoms with Gasteiger partial charge in [-0.25, -0.2) is 12.8 Å². The standard InChI is InChI=1S/C14H14FNO2S/c1-9-6-13(15)14(16)8-12(9)10-4-3-5-11(7-10)19(2,17)18/h3-8H,16H2,1-2H3. The Kier molecular flexibility index (Phi) is 3.32. The van der Waals surface area contributed by atoms with Gasteiger partial charge in [0.05, 0.1) is 10.6 Å². The van der Waals surface area contributed by atoms with Crippen molar-refractivity contribution in [2.75, 3.05) is 12.0 Å². The number of sulfone groups is 1. The van der Waals surface area contributed by atoms with E-state index in [-0.39, 0.29) is 10.6 Å². The molecule has 0 saturated heterocycles. The molecule has 19 heavy (non-hydrogen) atoms. The topological polar surface area (TPSA) is 60.2 Å². The van der Waals surface area contributed by atoms with Gasteiger partial charge >= 0.3 is 0 Å². The van der Waals surface area contributed by atoms with Crippen molar-refractivity contribution < 1.29 is 12.8 Å². The average Bonchev–Trinajstić information content (AvgIpc) is 2.33. The van der Waals surface area contributed by atoms with Crippen LogP contribution < -0.4 is 5.73 Å². The summed E-state index contributed by atoms with van der Waals surface area (Å²) in [4.78, 5) is 0.229. The van der Waals surface area contributed by atoms with Gasteiger partial charge in [0.15, 0.2) is 9.84 Å². The molecule has 0 amide bonds. The Morgan fingerprint density at radius 2 is 1.84 bits per heavy atom. The summed E-state index contributed by atoms with van der Waals surface area (Å²) in [5.41, 5.74) is 7.74. The molecule has 0 fully saturated rings. The van der Waals surface area contributed by atoms with E-state index >= 15 is 0 Å². The summed E-state index contributed by atoms with van der Waals surface area (Å²) in [5.74, 6) is -0.472. The van der Waals surface area contributed by atoms with E-state index in [1.54, 1.807) is 25.1 Å². The first-order chi connectivity index (χ1) is 8.79. The van der Waals surface area contributed by atoms with Crippen molar-refractivity contribution in [3.8, 4) is 11.1 Å². The summed E-state index contributed by atoms with van der Waals surface area (Å²) in [6.07, 6.45) is 1.15. The molecule has 5 heteroatoms. The fraction of sp³-hybridized carbons (Fsp3) is 0.143. The molecular weight excluding hydrogens is 265 g/mol. The van der Waals surface area contributed by atoms with Crippen molar-refractivity contribution in [2.24, 2.45) is 0 Å². The van der Waals surface area contributed by atoms with Crippen LogP contribution in [0.3, 0.4) is 0 Å². The largest absolute Gasteiger partial charge is 0.396 e. The van der Waals surface area contributed by atoms with Gasteiger partial charge in [0.25, 0.3) is 0 Å². The van der Waals surface area contributed by atoms with E-state index in [1.165, 1.54) is 18.2 Å². The number of anilines is 1. The number of rotatable bonds is 2. The lowest BCUT2D eigenvalue weighted by Gasteiger charge is -2.09. The second kappa shape index (κ2) is 4.66. The molecule has 2 rings (SSSR count). The monoisotopic (exact) mass is 279 g/mol. The summed E-state index contributed by atoms with van der Waals surface area (Å²) in [6.45, 7) is 1.75. The van der Waals surface area contributed by atoms with Crippen LogP contribution in [-0.4, -0.2) is 14.7 Å². The Bertz CT molecular complexity index is 739. The van der Waals surface area contributed by atoms with E-state index in [1.807, 2.05) is 0 Å². The minimum Gasteiger partial charge on any atom is -0.396 e. The van der Waals surface area contributed by atoms with Crippen LogP contribution in [0.15, 0.2) is 41.3 Å². The van der Waals surface area contributed by atoms with Crippen LogP contribution in [-0.2, 0) is 9.84 Å². The Morgan fingerprint density at radius 1 is 1.16 bits per heavy atom. The highest BCUT2D eigenvalue weighted by Crippen LogP contribution is 2.28. The van der Waals surface area contributed by atoms with Gasteiger partial charge in [-0.1, -0.05) is 12.1 Å². The number of benzene rings is 2. The first kappa shape index (κ1) is 13.5. The lowest BCUT2D eigenvalue weighted by molar-refractivity contribution is 0.602. The predicted octanol–water partition coefficient (Wildman–Crippen LogP) is 2.79. The molecular formula is C14H14FNO2S. The second-order valence-electron chi connectivity index (χ2n) is 4.49. The molecule has 2 aromatic rings. The van der Waals surface area contributed by atoms with Crippen LogP contribution in [0.2, 0.25) is 0 Å². The van der Waals surface area contributed by atoms with Crippen molar-refractivity contribution in [1.29, 1.82) is 0 Å². The third-order valence-corrected chi connectivity index (χ3v) is 4.03. The Hall–Kier alpha value is -1.88. The molecule has 0 aliphatic rings. The number of aryl methyl sites for hydroxylation is 1. The molecule has 0 bridgehead atoms. The molecule has 0 aromatic heterocycles. The van der Waals surface area contributed by atoms with Crippen molar-refractivity contribution in [1.82, 2.24) is 0 Å². The molecule has 3 nitrogen and oxygen atoms in total. The third kappa shape index (κ3) is 2.76. The smallest absolute Gasteiger partial charge is 0.175 e. The minimum absolute atomic E-state index is 0.0466. The molecule has 0 aliphatic heterocycles. The SMILES string of the molecule is Cc1cc(F)c(N)cc1-c1cccc(S(C)(=O)=O)c1. The maximum absolute atomic E-state index is 13.3. The molecule has 2 N–H and O–H groups in total. The molecule has 0 saturated carbocycles. The van der Waals surface area contributed by atoms with Gasteiger partial charge in [-0.2, -0.15) is 0 Å².